The summed E-state index contributed by atoms with van der Waals surface area (Å²) < 4.78 is 215. The number of alkyl halides is 18. The van der Waals surface area contributed by atoms with Crippen molar-refractivity contribution in [2.75, 3.05) is 4.43 Å². The van der Waals surface area contributed by atoms with Gasteiger partial charge in [-0.05, 0) is 0 Å². The van der Waals surface area contributed by atoms with Crippen LogP contribution in [-0.4, -0.2) is 52.1 Å². The third-order valence-corrected chi connectivity index (χ3v) is 4.18. The fourth-order valence-electron chi connectivity index (χ4n) is 1.48. The summed E-state index contributed by atoms with van der Waals surface area (Å²) in [4.78, 5) is 0. The monoisotopic (exact) mass is 574 g/mol. The van der Waals surface area contributed by atoms with Gasteiger partial charge in [0.1, 0.15) is 0 Å². The van der Waals surface area contributed by atoms with E-state index in [1.165, 1.54) is 0 Å². The fourth-order valence-corrected chi connectivity index (χ4v) is 1.75. The molecular weight excluding hydrogens is 570 g/mol. The Morgan fingerprint density at radius 2 is 0.714 bits per heavy atom. The maximum atomic E-state index is 13.2. The van der Waals surface area contributed by atoms with Crippen LogP contribution < -0.4 is 0 Å². The van der Waals surface area contributed by atoms with E-state index in [1.54, 1.807) is 0 Å². The fraction of sp³-hybridized carbons (Fsp3) is 1.00. The smallest absolute Gasteiger partial charge is 0.206 e. The first-order valence-corrected chi connectivity index (χ1v) is 7.57. The van der Waals surface area contributed by atoms with Crippen LogP contribution in [-0.2, 0) is 0 Å². The summed E-state index contributed by atoms with van der Waals surface area (Å²) in [5.41, 5.74) is 0. The van der Waals surface area contributed by atoms with Crippen LogP contribution in [0.25, 0.3) is 0 Å². The van der Waals surface area contributed by atoms with Gasteiger partial charge in [-0.2, -0.15) is 65.9 Å². The molecule has 0 saturated carbocycles. The number of halogens is 18. The van der Waals surface area contributed by atoms with Crippen molar-refractivity contribution < 1.29 is 74.6 Å². The van der Waals surface area contributed by atoms with Gasteiger partial charge in [0.15, 0.2) is 0 Å². The van der Waals surface area contributed by atoms with Crippen LogP contribution in [0.5, 0.6) is 0 Å². The highest BCUT2D eigenvalue weighted by atomic mass is 127. The van der Waals surface area contributed by atoms with E-state index in [2.05, 4.69) is 0 Å². The molecule has 0 atom stereocenters. The zero-order valence-electron chi connectivity index (χ0n) is 12.2. The minimum absolute atomic E-state index is 0.559. The van der Waals surface area contributed by atoms with Gasteiger partial charge < -0.3 is 0 Å². The third-order valence-electron chi connectivity index (χ3n) is 3.07. The van der Waals surface area contributed by atoms with Gasteiger partial charge in [0, 0.05) is 0 Å². The first kappa shape index (κ1) is 27.5. The lowest BCUT2D eigenvalue weighted by Gasteiger charge is -2.41. The first-order valence-electron chi connectivity index (χ1n) is 6.04. The second-order valence-corrected chi connectivity index (χ2v) is 6.00. The van der Waals surface area contributed by atoms with E-state index in [9.17, 15) is 74.6 Å². The standard InChI is InChI=1S/C10H4F17I/c11-3(12,2-28)1-4(13,14)5(15,16)6(17,18)7(19,20)8(21,22)9(23,24)10(25,26)27/h1-2H2. The molecular formula is C10H4F17I. The van der Waals surface area contributed by atoms with Crippen LogP contribution in [0, 0.1) is 0 Å². The molecule has 18 heteroatoms. The lowest BCUT2D eigenvalue weighted by Crippen LogP contribution is -2.72. The summed E-state index contributed by atoms with van der Waals surface area (Å²) in [5, 5.41) is 0. The van der Waals surface area contributed by atoms with Gasteiger partial charge in [-0.25, -0.2) is 8.78 Å². The Balaban J connectivity index is 6.47. The Morgan fingerprint density at radius 3 is 1.00 bits per heavy atom. The summed E-state index contributed by atoms with van der Waals surface area (Å²) >= 11 is 0.559. The molecule has 0 radical (unpaired) electrons. The van der Waals surface area contributed by atoms with Gasteiger partial charge in [-0.15, -0.1) is 0 Å². The zero-order valence-corrected chi connectivity index (χ0v) is 14.4. The lowest BCUT2D eigenvalue weighted by atomic mass is 9.89. The van der Waals surface area contributed by atoms with Gasteiger partial charge >= 0.3 is 41.7 Å². The number of hydrogen-bond acceptors (Lipinski definition) is 0. The average molecular weight is 574 g/mol. The molecule has 0 rings (SSSR count). The van der Waals surface area contributed by atoms with E-state index in [-0.39, 0.29) is 0 Å². The van der Waals surface area contributed by atoms with Crippen LogP contribution in [0.2, 0.25) is 0 Å². The van der Waals surface area contributed by atoms with E-state index in [4.69, 9.17) is 0 Å². The van der Waals surface area contributed by atoms with Crippen molar-refractivity contribution in [2.45, 2.75) is 54.1 Å². The molecule has 0 spiro atoms. The molecule has 170 valence electrons. The van der Waals surface area contributed by atoms with Crippen molar-refractivity contribution in [1.29, 1.82) is 0 Å². The molecule has 0 aliphatic carbocycles. The predicted molar refractivity (Wildman–Crippen MR) is 64.2 cm³/mol. The van der Waals surface area contributed by atoms with Crippen molar-refractivity contribution in [3.63, 3.8) is 0 Å². The molecule has 0 nitrogen and oxygen atoms in total. The van der Waals surface area contributed by atoms with Gasteiger partial charge in [-0.1, -0.05) is 22.6 Å². The first-order chi connectivity index (χ1) is 11.8. The highest BCUT2D eigenvalue weighted by Gasteiger charge is 2.93. The molecule has 0 unspecified atom stereocenters. The van der Waals surface area contributed by atoms with Crippen LogP contribution in [0.15, 0.2) is 0 Å². The van der Waals surface area contributed by atoms with E-state index in [0.29, 0.717) is 22.6 Å². The molecule has 0 heterocycles. The van der Waals surface area contributed by atoms with Crippen molar-refractivity contribution in [3.05, 3.63) is 0 Å². The number of rotatable bonds is 8. The Labute approximate surface area is 156 Å². The largest absolute Gasteiger partial charge is 0.460 e. The Morgan fingerprint density at radius 1 is 0.429 bits per heavy atom. The summed E-state index contributed by atoms with van der Waals surface area (Å²) in [6.07, 6.45) is -11.3. The topological polar surface area (TPSA) is 0 Å². The Kier molecular flexibility index (Phi) is 6.94. The SMILES string of the molecule is FC(F)(CI)CC(F)(F)C(F)(F)C(F)(F)C(F)(F)C(F)(F)C(F)(F)C(F)(F)F. The van der Waals surface area contributed by atoms with Gasteiger partial charge in [-0.3, -0.25) is 0 Å². The van der Waals surface area contributed by atoms with Gasteiger partial charge in [0.2, 0.25) is 0 Å². The summed E-state index contributed by atoms with van der Waals surface area (Å²) in [6, 6.07) is 0. The lowest BCUT2D eigenvalue weighted by molar-refractivity contribution is -0.453. The Hall–Kier alpha value is -0.460. The molecule has 0 amide bonds. The summed E-state index contributed by atoms with van der Waals surface area (Å²) in [6.45, 7) is 0. The number of hydrogen-bond donors (Lipinski definition) is 0. The third kappa shape index (κ3) is 3.93. The quantitative estimate of drug-likeness (QED) is 0.170. The van der Waals surface area contributed by atoms with Crippen molar-refractivity contribution in [2.24, 2.45) is 0 Å². The highest BCUT2D eigenvalue weighted by molar-refractivity contribution is 14.1. The van der Waals surface area contributed by atoms with Gasteiger partial charge in [0.05, 0.1) is 10.8 Å². The molecule has 0 aromatic heterocycles. The minimum Gasteiger partial charge on any atom is -0.206 e. The molecule has 0 N–H and O–H groups in total. The molecule has 0 aliphatic heterocycles. The van der Waals surface area contributed by atoms with Crippen LogP contribution >= 0.6 is 22.6 Å². The summed E-state index contributed by atoms with van der Waals surface area (Å²) in [5.74, 6) is -53.1. The predicted octanol–water partition coefficient (Wildman–Crippen LogP) is 6.82. The normalized spacial score (nSPS) is 16.5. The highest BCUT2D eigenvalue weighted by Crippen LogP contribution is 2.63. The maximum absolute atomic E-state index is 13.2. The van der Waals surface area contributed by atoms with Crippen molar-refractivity contribution in [1.82, 2.24) is 0 Å². The van der Waals surface area contributed by atoms with Crippen LogP contribution in [0.4, 0.5) is 74.6 Å². The van der Waals surface area contributed by atoms with Crippen LogP contribution in [0.3, 0.4) is 0 Å². The Bertz CT molecular complexity index is 559. The minimum atomic E-state index is -8.47. The molecule has 0 aromatic rings. The molecule has 28 heavy (non-hydrogen) atoms. The van der Waals surface area contributed by atoms with E-state index < -0.39 is 58.5 Å². The second-order valence-electron chi connectivity index (χ2n) is 5.24. The van der Waals surface area contributed by atoms with Crippen molar-refractivity contribution >= 4 is 22.6 Å². The molecule has 0 bridgehead atoms. The second kappa shape index (κ2) is 7.05. The average Bonchev–Trinajstić information content (AvgIpc) is 2.43. The molecule has 0 fully saturated rings. The van der Waals surface area contributed by atoms with Crippen LogP contribution in [0.1, 0.15) is 6.42 Å². The molecule has 0 saturated heterocycles. The van der Waals surface area contributed by atoms with E-state index >= 15 is 0 Å². The van der Waals surface area contributed by atoms with Crippen molar-refractivity contribution in [3.8, 4) is 0 Å². The van der Waals surface area contributed by atoms with E-state index in [1.807, 2.05) is 0 Å². The molecule has 0 aliphatic rings. The maximum Gasteiger partial charge on any atom is 0.460 e. The zero-order chi connectivity index (χ0) is 23.4. The summed E-state index contributed by atoms with van der Waals surface area (Å²) in [7, 11) is 0. The molecule has 0 aromatic carbocycles. The van der Waals surface area contributed by atoms with Gasteiger partial charge in [0.25, 0.3) is 5.92 Å². The van der Waals surface area contributed by atoms with E-state index in [0.717, 1.165) is 0 Å².